The Kier molecular flexibility index (Phi) is 5.45. The second-order valence-corrected chi connectivity index (χ2v) is 5.14. The van der Waals surface area contributed by atoms with Crippen LogP contribution in [0.4, 0.5) is 11.6 Å². The molecule has 0 aromatic carbocycles. The van der Waals surface area contributed by atoms with Crippen LogP contribution >= 0.6 is 0 Å². The highest BCUT2D eigenvalue weighted by Crippen LogP contribution is 2.17. The van der Waals surface area contributed by atoms with E-state index >= 15 is 0 Å². The summed E-state index contributed by atoms with van der Waals surface area (Å²) in [6.07, 6.45) is 3.74. The number of nitrogens with one attached hydrogen (secondary N) is 2. The molecule has 1 aliphatic heterocycles. The predicted octanol–water partition coefficient (Wildman–Crippen LogP) is 2.80. The molecular formula is C15H26N4. The second-order valence-electron chi connectivity index (χ2n) is 5.14. The average molecular weight is 262 g/mol. The van der Waals surface area contributed by atoms with Gasteiger partial charge in [0.1, 0.15) is 11.6 Å². The van der Waals surface area contributed by atoms with E-state index in [1.165, 1.54) is 19.4 Å². The summed E-state index contributed by atoms with van der Waals surface area (Å²) in [4.78, 5) is 7.13. The second kappa shape index (κ2) is 7.34. The number of anilines is 2. The molecule has 0 spiro atoms. The Balaban J connectivity index is 1.85. The van der Waals surface area contributed by atoms with E-state index in [0.717, 1.165) is 37.7 Å². The summed E-state index contributed by atoms with van der Waals surface area (Å²) in [7, 11) is 0. The molecule has 0 saturated carbocycles. The molecule has 2 heterocycles. The van der Waals surface area contributed by atoms with E-state index in [-0.39, 0.29) is 0 Å². The first-order valence-corrected chi connectivity index (χ1v) is 7.52. The molecule has 0 aliphatic carbocycles. The van der Waals surface area contributed by atoms with Gasteiger partial charge in [-0.25, -0.2) is 4.98 Å². The molecule has 1 aromatic heterocycles. The number of hydrogen-bond acceptors (Lipinski definition) is 4. The van der Waals surface area contributed by atoms with Crippen molar-refractivity contribution in [3.63, 3.8) is 0 Å². The van der Waals surface area contributed by atoms with Gasteiger partial charge in [-0.1, -0.05) is 19.9 Å². The Morgan fingerprint density at radius 2 is 2.05 bits per heavy atom. The molecule has 19 heavy (non-hydrogen) atoms. The number of likely N-dealkylation sites (tertiary alicyclic amines) is 1. The van der Waals surface area contributed by atoms with Gasteiger partial charge in [0, 0.05) is 19.1 Å². The fourth-order valence-electron chi connectivity index (χ4n) is 2.65. The molecule has 1 unspecified atom stereocenters. The average Bonchev–Trinajstić information content (AvgIpc) is 2.91. The van der Waals surface area contributed by atoms with Crippen LogP contribution in [0.5, 0.6) is 0 Å². The topological polar surface area (TPSA) is 40.2 Å². The van der Waals surface area contributed by atoms with Crippen molar-refractivity contribution in [1.29, 1.82) is 0 Å². The van der Waals surface area contributed by atoms with Crippen LogP contribution in [0.25, 0.3) is 0 Å². The molecular weight excluding hydrogens is 236 g/mol. The minimum absolute atomic E-state index is 0.666. The summed E-state index contributed by atoms with van der Waals surface area (Å²) in [5.41, 5.74) is 0. The van der Waals surface area contributed by atoms with Crippen molar-refractivity contribution in [2.24, 2.45) is 0 Å². The van der Waals surface area contributed by atoms with Crippen LogP contribution in [0.15, 0.2) is 18.2 Å². The molecule has 4 heteroatoms. The molecule has 1 fully saturated rings. The van der Waals surface area contributed by atoms with E-state index in [0.29, 0.717) is 6.04 Å². The number of likely N-dealkylation sites (N-methyl/N-ethyl adjacent to an activating group) is 1. The fourth-order valence-corrected chi connectivity index (χ4v) is 2.65. The van der Waals surface area contributed by atoms with Gasteiger partial charge in [0.05, 0.1) is 0 Å². The summed E-state index contributed by atoms with van der Waals surface area (Å²) in [6.45, 7) is 8.77. The zero-order valence-corrected chi connectivity index (χ0v) is 12.2. The quantitative estimate of drug-likeness (QED) is 0.793. The summed E-state index contributed by atoms with van der Waals surface area (Å²) in [6, 6.07) is 6.79. The first-order valence-electron chi connectivity index (χ1n) is 7.52. The Morgan fingerprint density at radius 1 is 1.26 bits per heavy atom. The number of aromatic nitrogens is 1. The summed E-state index contributed by atoms with van der Waals surface area (Å²) in [5, 5.41) is 6.80. The third kappa shape index (κ3) is 4.10. The molecule has 0 amide bonds. The van der Waals surface area contributed by atoms with Crippen LogP contribution in [0.3, 0.4) is 0 Å². The van der Waals surface area contributed by atoms with Gasteiger partial charge in [-0.3, -0.25) is 4.90 Å². The SMILES string of the molecule is CCCNc1cccc(NCC2CCCN2CC)n1. The van der Waals surface area contributed by atoms with Gasteiger partial charge in [-0.15, -0.1) is 0 Å². The van der Waals surface area contributed by atoms with Crippen molar-refractivity contribution in [3.05, 3.63) is 18.2 Å². The lowest BCUT2D eigenvalue weighted by Crippen LogP contribution is -2.34. The number of pyridine rings is 1. The van der Waals surface area contributed by atoms with Crippen molar-refractivity contribution < 1.29 is 0 Å². The zero-order valence-electron chi connectivity index (χ0n) is 12.2. The predicted molar refractivity (Wildman–Crippen MR) is 81.8 cm³/mol. The maximum absolute atomic E-state index is 4.58. The zero-order chi connectivity index (χ0) is 13.5. The summed E-state index contributed by atoms with van der Waals surface area (Å²) >= 11 is 0. The van der Waals surface area contributed by atoms with E-state index in [9.17, 15) is 0 Å². The van der Waals surface area contributed by atoms with Crippen LogP contribution in [0.1, 0.15) is 33.1 Å². The van der Waals surface area contributed by atoms with Crippen molar-refractivity contribution in [2.45, 2.75) is 39.2 Å². The highest BCUT2D eigenvalue weighted by molar-refractivity contribution is 5.45. The van der Waals surface area contributed by atoms with E-state index in [1.54, 1.807) is 0 Å². The van der Waals surface area contributed by atoms with Crippen LogP contribution in [-0.4, -0.2) is 42.1 Å². The number of rotatable bonds is 7. The Hall–Kier alpha value is -1.29. The van der Waals surface area contributed by atoms with Gasteiger partial charge in [-0.05, 0) is 44.5 Å². The van der Waals surface area contributed by atoms with Gasteiger partial charge in [0.2, 0.25) is 0 Å². The standard InChI is InChI=1S/C15H26N4/c1-3-10-16-14-8-5-9-15(18-14)17-12-13-7-6-11-19(13)4-2/h5,8-9,13H,3-4,6-7,10-12H2,1-2H3,(H2,16,17,18). The van der Waals surface area contributed by atoms with Crippen LogP contribution in [0.2, 0.25) is 0 Å². The van der Waals surface area contributed by atoms with Gasteiger partial charge < -0.3 is 10.6 Å². The lowest BCUT2D eigenvalue weighted by Gasteiger charge is -2.23. The molecule has 0 bridgehead atoms. The van der Waals surface area contributed by atoms with E-state index in [4.69, 9.17) is 0 Å². The number of hydrogen-bond donors (Lipinski definition) is 2. The van der Waals surface area contributed by atoms with E-state index in [1.807, 2.05) is 12.1 Å². The van der Waals surface area contributed by atoms with E-state index < -0.39 is 0 Å². The van der Waals surface area contributed by atoms with Crippen molar-refractivity contribution >= 4 is 11.6 Å². The van der Waals surface area contributed by atoms with Crippen LogP contribution in [0, 0.1) is 0 Å². The smallest absolute Gasteiger partial charge is 0.128 e. The molecule has 1 saturated heterocycles. The fraction of sp³-hybridized carbons (Fsp3) is 0.667. The van der Waals surface area contributed by atoms with Gasteiger partial charge in [0.15, 0.2) is 0 Å². The Morgan fingerprint density at radius 3 is 2.79 bits per heavy atom. The Bertz CT molecular complexity index is 380. The van der Waals surface area contributed by atoms with Gasteiger partial charge in [0.25, 0.3) is 0 Å². The van der Waals surface area contributed by atoms with Crippen molar-refractivity contribution in [3.8, 4) is 0 Å². The Labute approximate surface area is 116 Å². The first kappa shape index (κ1) is 14.1. The summed E-state index contributed by atoms with van der Waals surface area (Å²) < 4.78 is 0. The molecule has 106 valence electrons. The van der Waals surface area contributed by atoms with Gasteiger partial charge >= 0.3 is 0 Å². The monoisotopic (exact) mass is 262 g/mol. The van der Waals surface area contributed by atoms with E-state index in [2.05, 4.69) is 40.4 Å². The molecule has 2 N–H and O–H groups in total. The first-order chi connectivity index (χ1) is 9.33. The summed E-state index contributed by atoms with van der Waals surface area (Å²) in [5.74, 6) is 1.94. The van der Waals surface area contributed by atoms with Crippen molar-refractivity contribution in [1.82, 2.24) is 9.88 Å². The molecule has 1 aliphatic rings. The number of nitrogens with zero attached hydrogens (tertiary/aromatic N) is 2. The van der Waals surface area contributed by atoms with Gasteiger partial charge in [-0.2, -0.15) is 0 Å². The third-order valence-electron chi connectivity index (χ3n) is 3.73. The highest BCUT2D eigenvalue weighted by Gasteiger charge is 2.22. The lowest BCUT2D eigenvalue weighted by molar-refractivity contribution is 0.277. The maximum atomic E-state index is 4.58. The third-order valence-corrected chi connectivity index (χ3v) is 3.73. The lowest BCUT2D eigenvalue weighted by atomic mass is 10.2. The van der Waals surface area contributed by atoms with Crippen molar-refractivity contribution in [2.75, 3.05) is 36.8 Å². The van der Waals surface area contributed by atoms with Crippen LogP contribution < -0.4 is 10.6 Å². The normalized spacial score (nSPS) is 19.6. The maximum Gasteiger partial charge on any atom is 0.128 e. The largest absolute Gasteiger partial charge is 0.370 e. The molecule has 1 aromatic rings. The molecule has 0 radical (unpaired) electrons. The highest BCUT2D eigenvalue weighted by atomic mass is 15.2. The minimum atomic E-state index is 0.666. The minimum Gasteiger partial charge on any atom is -0.370 e. The van der Waals surface area contributed by atoms with Crippen LogP contribution in [-0.2, 0) is 0 Å². The molecule has 2 rings (SSSR count). The molecule has 1 atom stereocenters. The molecule has 4 nitrogen and oxygen atoms in total.